The number of nitrogens with one attached hydrogen (secondary N) is 1. The number of ether oxygens (including phenoxy) is 3. The van der Waals surface area contributed by atoms with Gasteiger partial charge < -0.3 is 24.4 Å². The average Bonchev–Trinajstić information content (AvgIpc) is 3.01. The standard InChI is InChI=1S/C31H39N3O7S/c1-7-22(2)32-31(36)23(3)33(20-24-12-11-13-26(18-24)39-4)30(35)21-34(42(37,38)27-14-9-8-10-15-27)25-16-17-28(40-5)29(19-25)41-6/h8-19,22-23H,7,20-21H2,1-6H3,(H,32,36)/t22-,23-/m0/s1. The molecule has 0 bridgehead atoms. The second-order valence-corrected chi connectivity index (χ2v) is 11.6. The minimum atomic E-state index is -4.21. The first-order valence-electron chi connectivity index (χ1n) is 13.6. The molecule has 2 atom stereocenters. The van der Waals surface area contributed by atoms with E-state index in [2.05, 4.69) is 5.32 Å². The molecule has 0 radical (unpaired) electrons. The molecule has 2 amide bonds. The van der Waals surface area contributed by atoms with Gasteiger partial charge in [-0.15, -0.1) is 0 Å². The van der Waals surface area contributed by atoms with Gasteiger partial charge in [0.05, 0.1) is 31.9 Å². The Labute approximate surface area is 248 Å². The summed E-state index contributed by atoms with van der Waals surface area (Å²) < 4.78 is 45.0. The lowest BCUT2D eigenvalue weighted by atomic mass is 10.1. The number of carbonyl (C=O) groups is 2. The number of sulfonamides is 1. The molecule has 11 heteroatoms. The van der Waals surface area contributed by atoms with Gasteiger partial charge in [-0.2, -0.15) is 0 Å². The number of nitrogens with zero attached hydrogens (tertiary/aromatic N) is 2. The van der Waals surface area contributed by atoms with Crippen LogP contribution in [0.5, 0.6) is 17.2 Å². The van der Waals surface area contributed by atoms with Crippen molar-refractivity contribution in [3.63, 3.8) is 0 Å². The van der Waals surface area contributed by atoms with E-state index < -0.39 is 28.5 Å². The lowest BCUT2D eigenvalue weighted by molar-refractivity contribution is -0.139. The van der Waals surface area contributed by atoms with Crippen molar-refractivity contribution in [1.82, 2.24) is 10.2 Å². The SMILES string of the molecule is CC[C@H](C)NC(=O)[C@H](C)N(Cc1cccc(OC)c1)C(=O)CN(c1ccc(OC)c(OC)c1)S(=O)(=O)c1ccccc1. The molecule has 0 fully saturated rings. The molecule has 10 nitrogen and oxygen atoms in total. The first-order valence-corrected chi connectivity index (χ1v) is 15.0. The number of hydrogen-bond acceptors (Lipinski definition) is 7. The third-order valence-electron chi connectivity index (χ3n) is 6.92. The molecule has 3 aromatic carbocycles. The Balaban J connectivity index is 2.08. The first-order chi connectivity index (χ1) is 20.0. The van der Waals surface area contributed by atoms with E-state index in [1.807, 2.05) is 19.9 Å². The summed E-state index contributed by atoms with van der Waals surface area (Å²) >= 11 is 0. The second-order valence-electron chi connectivity index (χ2n) is 9.73. The molecular weight excluding hydrogens is 558 g/mol. The Morgan fingerprint density at radius 2 is 1.55 bits per heavy atom. The van der Waals surface area contributed by atoms with E-state index in [9.17, 15) is 18.0 Å². The maximum Gasteiger partial charge on any atom is 0.264 e. The number of amides is 2. The molecule has 1 N–H and O–H groups in total. The topological polar surface area (TPSA) is 114 Å². The average molecular weight is 598 g/mol. The van der Waals surface area contributed by atoms with Crippen molar-refractivity contribution in [2.45, 2.75) is 50.7 Å². The lowest BCUT2D eigenvalue weighted by Gasteiger charge is -2.32. The van der Waals surface area contributed by atoms with Crippen molar-refractivity contribution in [3.05, 3.63) is 78.4 Å². The van der Waals surface area contributed by atoms with Gasteiger partial charge in [0.2, 0.25) is 11.8 Å². The zero-order valence-electron chi connectivity index (χ0n) is 24.9. The van der Waals surface area contributed by atoms with Crippen LogP contribution in [0.15, 0.2) is 77.7 Å². The predicted molar refractivity (Wildman–Crippen MR) is 161 cm³/mol. The summed E-state index contributed by atoms with van der Waals surface area (Å²) in [6, 6.07) is 18.6. The van der Waals surface area contributed by atoms with Gasteiger partial charge in [0, 0.05) is 18.7 Å². The molecule has 3 aromatic rings. The molecule has 0 aliphatic rings. The molecule has 0 unspecified atom stereocenters. The van der Waals surface area contributed by atoms with Crippen LogP contribution in [0.25, 0.3) is 0 Å². The highest BCUT2D eigenvalue weighted by Crippen LogP contribution is 2.34. The molecule has 226 valence electrons. The van der Waals surface area contributed by atoms with E-state index in [0.717, 1.165) is 9.87 Å². The van der Waals surface area contributed by atoms with Crippen LogP contribution in [0.2, 0.25) is 0 Å². The fraction of sp³-hybridized carbons (Fsp3) is 0.355. The van der Waals surface area contributed by atoms with Crippen molar-refractivity contribution < 1.29 is 32.2 Å². The van der Waals surface area contributed by atoms with Gasteiger partial charge in [-0.3, -0.25) is 13.9 Å². The normalized spacial score (nSPS) is 12.5. The largest absolute Gasteiger partial charge is 0.497 e. The number of anilines is 1. The van der Waals surface area contributed by atoms with Crippen molar-refractivity contribution in [1.29, 1.82) is 0 Å². The molecule has 0 saturated heterocycles. The van der Waals surface area contributed by atoms with Gasteiger partial charge in [0.1, 0.15) is 18.3 Å². The predicted octanol–water partition coefficient (Wildman–Crippen LogP) is 4.24. The van der Waals surface area contributed by atoms with E-state index in [4.69, 9.17) is 14.2 Å². The van der Waals surface area contributed by atoms with E-state index in [-0.39, 0.29) is 29.1 Å². The summed E-state index contributed by atoms with van der Waals surface area (Å²) in [6.45, 7) is 4.93. The van der Waals surface area contributed by atoms with Gasteiger partial charge in [-0.25, -0.2) is 8.42 Å². The van der Waals surface area contributed by atoms with Crippen molar-refractivity contribution in [2.24, 2.45) is 0 Å². The molecule has 42 heavy (non-hydrogen) atoms. The zero-order valence-corrected chi connectivity index (χ0v) is 25.7. The molecule has 0 aliphatic heterocycles. The molecule has 0 aromatic heterocycles. The Bertz CT molecular complexity index is 1460. The van der Waals surface area contributed by atoms with Crippen LogP contribution in [0, 0.1) is 0 Å². The highest BCUT2D eigenvalue weighted by atomic mass is 32.2. The maximum atomic E-state index is 14.1. The van der Waals surface area contributed by atoms with E-state index >= 15 is 0 Å². The van der Waals surface area contributed by atoms with Gasteiger partial charge in [0.15, 0.2) is 11.5 Å². The van der Waals surface area contributed by atoms with Crippen LogP contribution in [-0.4, -0.2) is 65.1 Å². The van der Waals surface area contributed by atoms with Crippen LogP contribution in [0.3, 0.4) is 0 Å². The number of methoxy groups -OCH3 is 3. The van der Waals surface area contributed by atoms with Crippen LogP contribution >= 0.6 is 0 Å². The van der Waals surface area contributed by atoms with Gasteiger partial charge >= 0.3 is 0 Å². The molecule has 3 rings (SSSR count). The quantitative estimate of drug-likeness (QED) is 0.296. The minimum Gasteiger partial charge on any atom is -0.497 e. The number of rotatable bonds is 14. The van der Waals surface area contributed by atoms with Crippen LogP contribution in [-0.2, 0) is 26.2 Å². The van der Waals surface area contributed by atoms with Crippen LogP contribution in [0.1, 0.15) is 32.8 Å². The summed E-state index contributed by atoms with van der Waals surface area (Å²) in [5.41, 5.74) is 0.914. The second kappa shape index (κ2) is 14.6. The Morgan fingerprint density at radius 1 is 0.857 bits per heavy atom. The summed E-state index contributed by atoms with van der Waals surface area (Å²) in [4.78, 5) is 28.7. The van der Waals surface area contributed by atoms with Gasteiger partial charge in [0.25, 0.3) is 10.0 Å². The highest BCUT2D eigenvalue weighted by Gasteiger charge is 2.33. The zero-order chi connectivity index (χ0) is 30.9. The molecule has 0 aliphatic carbocycles. The Hall–Kier alpha value is -4.25. The summed E-state index contributed by atoms with van der Waals surface area (Å²) in [5.74, 6) is 0.378. The van der Waals surface area contributed by atoms with E-state index in [1.165, 1.54) is 37.3 Å². The maximum absolute atomic E-state index is 14.1. The number of hydrogen-bond donors (Lipinski definition) is 1. The Morgan fingerprint density at radius 3 is 2.17 bits per heavy atom. The molecular formula is C31H39N3O7S. The van der Waals surface area contributed by atoms with Crippen LogP contribution < -0.4 is 23.8 Å². The summed E-state index contributed by atoms with van der Waals surface area (Å²) in [6.07, 6.45) is 0.713. The fourth-order valence-corrected chi connectivity index (χ4v) is 5.67. The first kappa shape index (κ1) is 32.3. The smallest absolute Gasteiger partial charge is 0.264 e. The molecule has 0 heterocycles. The summed E-state index contributed by atoms with van der Waals surface area (Å²) in [7, 11) is 0.245. The molecule has 0 saturated carbocycles. The third kappa shape index (κ3) is 7.73. The third-order valence-corrected chi connectivity index (χ3v) is 8.71. The highest BCUT2D eigenvalue weighted by molar-refractivity contribution is 7.92. The van der Waals surface area contributed by atoms with Crippen molar-refractivity contribution in [3.8, 4) is 17.2 Å². The minimum absolute atomic E-state index is 0.00879. The van der Waals surface area contributed by atoms with Gasteiger partial charge in [-0.05, 0) is 62.2 Å². The van der Waals surface area contributed by atoms with E-state index in [1.54, 1.807) is 62.6 Å². The monoisotopic (exact) mass is 597 g/mol. The fourth-order valence-electron chi connectivity index (χ4n) is 4.24. The number of benzene rings is 3. The molecule has 0 spiro atoms. The summed E-state index contributed by atoms with van der Waals surface area (Å²) in [5, 5.41) is 2.92. The number of carbonyl (C=O) groups excluding carboxylic acids is 2. The van der Waals surface area contributed by atoms with Crippen LogP contribution in [0.4, 0.5) is 5.69 Å². The van der Waals surface area contributed by atoms with E-state index in [0.29, 0.717) is 23.7 Å². The van der Waals surface area contributed by atoms with Gasteiger partial charge in [-0.1, -0.05) is 37.3 Å². The van der Waals surface area contributed by atoms with Crippen molar-refractivity contribution in [2.75, 3.05) is 32.2 Å². The van der Waals surface area contributed by atoms with Crippen molar-refractivity contribution >= 4 is 27.5 Å². The Kier molecular flexibility index (Phi) is 11.2. The lowest BCUT2D eigenvalue weighted by Crippen LogP contribution is -2.52.